The van der Waals surface area contributed by atoms with Gasteiger partial charge in [0.15, 0.2) is 0 Å². The fraction of sp³-hybridized carbons (Fsp3) is 0.458. The molecule has 4 heteroatoms. The topological polar surface area (TPSA) is 69.6 Å². The standard InChI is InChI=1S/C24H33NO3/c26-23(21-13-8-4-9-14-21)19-25-18-10-2-1-7-15-22(24(27)28)17-16-20-11-5-3-6-12-20/h3-6,8-9,11-14,22-23,25-26H,1-2,7,10,15-19H2,(H,27,28). The molecule has 0 saturated carbocycles. The number of benzene rings is 2. The van der Waals surface area contributed by atoms with Crippen LogP contribution >= 0.6 is 0 Å². The molecule has 152 valence electrons. The molecule has 0 heterocycles. The zero-order valence-corrected chi connectivity index (χ0v) is 16.6. The summed E-state index contributed by atoms with van der Waals surface area (Å²) in [6, 6.07) is 19.8. The Morgan fingerprint density at radius 3 is 2.18 bits per heavy atom. The molecule has 3 N–H and O–H groups in total. The number of nitrogens with one attached hydrogen (secondary N) is 1. The maximum atomic E-state index is 11.5. The highest BCUT2D eigenvalue weighted by Crippen LogP contribution is 2.18. The first-order valence-electron chi connectivity index (χ1n) is 10.4. The molecule has 0 aromatic heterocycles. The van der Waals surface area contributed by atoms with Crippen molar-refractivity contribution in [1.29, 1.82) is 0 Å². The van der Waals surface area contributed by atoms with Gasteiger partial charge in [0, 0.05) is 6.54 Å². The van der Waals surface area contributed by atoms with Crippen LogP contribution in [-0.2, 0) is 11.2 Å². The van der Waals surface area contributed by atoms with Crippen LogP contribution in [0.2, 0.25) is 0 Å². The van der Waals surface area contributed by atoms with Crippen LogP contribution in [0.25, 0.3) is 0 Å². The second-order valence-corrected chi connectivity index (χ2v) is 7.39. The molecule has 0 radical (unpaired) electrons. The third-order valence-electron chi connectivity index (χ3n) is 5.15. The molecule has 2 aromatic rings. The zero-order valence-electron chi connectivity index (χ0n) is 16.6. The summed E-state index contributed by atoms with van der Waals surface area (Å²) in [7, 11) is 0. The molecule has 0 aliphatic rings. The van der Waals surface area contributed by atoms with E-state index >= 15 is 0 Å². The number of rotatable bonds is 14. The molecule has 2 unspecified atom stereocenters. The Bertz CT molecular complexity index is 660. The van der Waals surface area contributed by atoms with Crippen molar-refractivity contribution >= 4 is 5.97 Å². The summed E-state index contributed by atoms with van der Waals surface area (Å²) in [6.45, 7) is 1.44. The molecular formula is C24H33NO3. The number of unbranched alkanes of at least 4 members (excludes halogenated alkanes) is 3. The van der Waals surface area contributed by atoms with E-state index in [2.05, 4.69) is 17.4 Å². The minimum absolute atomic E-state index is 0.251. The predicted octanol–water partition coefficient (Wildman–Crippen LogP) is 4.59. The molecule has 0 amide bonds. The van der Waals surface area contributed by atoms with Gasteiger partial charge in [-0.2, -0.15) is 0 Å². The van der Waals surface area contributed by atoms with Gasteiger partial charge in [0.1, 0.15) is 0 Å². The van der Waals surface area contributed by atoms with E-state index in [-0.39, 0.29) is 5.92 Å². The number of hydrogen-bond donors (Lipinski definition) is 3. The van der Waals surface area contributed by atoms with Crippen molar-refractivity contribution in [3.8, 4) is 0 Å². The molecule has 2 atom stereocenters. The summed E-state index contributed by atoms with van der Waals surface area (Å²) >= 11 is 0. The highest BCUT2D eigenvalue weighted by atomic mass is 16.4. The van der Waals surface area contributed by atoms with Gasteiger partial charge in [0.2, 0.25) is 0 Å². The number of carboxylic acid groups (broad SMARTS) is 1. The Hall–Kier alpha value is -2.17. The van der Waals surface area contributed by atoms with Gasteiger partial charge in [0.25, 0.3) is 0 Å². The largest absolute Gasteiger partial charge is 0.481 e. The maximum Gasteiger partial charge on any atom is 0.306 e. The summed E-state index contributed by atoms with van der Waals surface area (Å²) in [4.78, 5) is 11.5. The molecule has 0 aliphatic carbocycles. The quantitative estimate of drug-likeness (QED) is 0.417. The summed E-state index contributed by atoms with van der Waals surface area (Å²) in [5, 5.41) is 22.8. The van der Waals surface area contributed by atoms with E-state index in [4.69, 9.17) is 0 Å². The average molecular weight is 384 g/mol. The van der Waals surface area contributed by atoms with Crippen molar-refractivity contribution in [3.63, 3.8) is 0 Å². The Labute approximate surface area is 168 Å². The molecule has 2 rings (SSSR count). The fourth-order valence-electron chi connectivity index (χ4n) is 3.40. The first-order chi connectivity index (χ1) is 13.7. The van der Waals surface area contributed by atoms with Crippen LogP contribution in [-0.4, -0.2) is 29.3 Å². The SMILES string of the molecule is O=C(O)C(CCCCCCNCC(O)c1ccccc1)CCc1ccccc1. The smallest absolute Gasteiger partial charge is 0.306 e. The van der Waals surface area contributed by atoms with Crippen molar-refractivity contribution in [2.75, 3.05) is 13.1 Å². The molecule has 0 bridgehead atoms. The highest BCUT2D eigenvalue weighted by Gasteiger charge is 2.16. The third-order valence-corrected chi connectivity index (χ3v) is 5.15. The molecule has 0 saturated heterocycles. The van der Waals surface area contributed by atoms with Gasteiger partial charge in [-0.15, -0.1) is 0 Å². The first kappa shape index (κ1) is 22.1. The van der Waals surface area contributed by atoms with E-state index in [1.807, 2.05) is 48.5 Å². The van der Waals surface area contributed by atoms with Gasteiger partial charge in [-0.25, -0.2) is 0 Å². The predicted molar refractivity (Wildman–Crippen MR) is 113 cm³/mol. The van der Waals surface area contributed by atoms with Gasteiger partial charge in [-0.3, -0.25) is 4.79 Å². The van der Waals surface area contributed by atoms with Crippen LogP contribution in [0.3, 0.4) is 0 Å². The van der Waals surface area contributed by atoms with E-state index in [0.29, 0.717) is 13.0 Å². The Morgan fingerprint density at radius 1 is 0.857 bits per heavy atom. The molecule has 2 aromatic carbocycles. The normalized spacial score (nSPS) is 13.2. The van der Waals surface area contributed by atoms with E-state index in [0.717, 1.165) is 50.6 Å². The summed E-state index contributed by atoms with van der Waals surface area (Å²) in [5.41, 5.74) is 2.14. The van der Waals surface area contributed by atoms with Crippen molar-refractivity contribution in [2.24, 2.45) is 5.92 Å². The Kier molecular flexibility index (Phi) is 10.3. The number of aliphatic carboxylic acids is 1. The lowest BCUT2D eigenvalue weighted by atomic mass is 9.94. The van der Waals surface area contributed by atoms with Crippen LogP contribution in [0.1, 0.15) is 55.8 Å². The van der Waals surface area contributed by atoms with E-state index in [1.165, 1.54) is 5.56 Å². The fourth-order valence-corrected chi connectivity index (χ4v) is 3.40. The monoisotopic (exact) mass is 383 g/mol. The summed E-state index contributed by atoms with van der Waals surface area (Å²) in [6.07, 6.45) is 5.95. The lowest BCUT2D eigenvalue weighted by Gasteiger charge is -2.13. The minimum Gasteiger partial charge on any atom is -0.481 e. The molecule has 0 spiro atoms. The zero-order chi connectivity index (χ0) is 20.0. The number of aryl methyl sites for hydroxylation is 1. The van der Waals surface area contributed by atoms with Crippen LogP contribution in [0, 0.1) is 5.92 Å². The number of carbonyl (C=O) groups is 1. The van der Waals surface area contributed by atoms with Crippen molar-refractivity contribution in [3.05, 3.63) is 71.8 Å². The molecular weight excluding hydrogens is 350 g/mol. The number of carboxylic acids is 1. The molecule has 28 heavy (non-hydrogen) atoms. The minimum atomic E-state index is -0.674. The number of aliphatic hydroxyl groups excluding tert-OH is 1. The summed E-state index contributed by atoms with van der Waals surface area (Å²) in [5.74, 6) is -0.924. The van der Waals surface area contributed by atoms with Crippen LogP contribution in [0.15, 0.2) is 60.7 Å². The van der Waals surface area contributed by atoms with Gasteiger partial charge < -0.3 is 15.5 Å². The maximum absolute atomic E-state index is 11.5. The van der Waals surface area contributed by atoms with Crippen molar-refractivity contribution < 1.29 is 15.0 Å². The third kappa shape index (κ3) is 8.68. The second-order valence-electron chi connectivity index (χ2n) is 7.39. The summed E-state index contributed by atoms with van der Waals surface area (Å²) < 4.78 is 0. The van der Waals surface area contributed by atoms with Crippen LogP contribution in [0.5, 0.6) is 0 Å². The molecule has 0 fully saturated rings. The van der Waals surface area contributed by atoms with Crippen LogP contribution in [0.4, 0.5) is 0 Å². The lowest BCUT2D eigenvalue weighted by Crippen LogP contribution is -2.22. The van der Waals surface area contributed by atoms with E-state index in [1.54, 1.807) is 0 Å². The van der Waals surface area contributed by atoms with Crippen LogP contribution < -0.4 is 5.32 Å². The Morgan fingerprint density at radius 2 is 1.50 bits per heavy atom. The van der Waals surface area contributed by atoms with Gasteiger partial charge >= 0.3 is 5.97 Å². The van der Waals surface area contributed by atoms with Crippen molar-refractivity contribution in [2.45, 2.75) is 51.0 Å². The number of aliphatic hydroxyl groups is 1. The second kappa shape index (κ2) is 13.1. The van der Waals surface area contributed by atoms with Gasteiger partial charge in [0.05, 0.1) is 12.0 Å². The Balaban J connectivity index is 1.51. The van der Waals surface area contributed by atoms with Crippen molar-refractivity contribution in [1.82, 2.24) is 5.32 Å². The number of hydrogen-bond acceptors (Lipinski definition) is 3. The average Bonchev–Trinajstić information content (AvgIpc) is 2.73. The molecule has 0 aliphatic heterocycles. The van der Waals surface area contributed by atoms with Gasteiger partial charge in [-0.1, -0.05) is 79.9 Å². The first-order valence-corrected chi connectivity index (χ1v) is 10.4. The van der Waals surface area contributed by atoms with E-state index in [9.17, 15) is 15.0 Å². The van der Waals surface area contributed by atoms with E-state index < -0.39 is 12.1 Å². The lowest BCUT2D eigenvalue weighted by molar-refractivity contribution is -0.142. The highest BCUT2D eigenvalue weighted by molar-refractivity contribution is 5.69. The van der Waals surface area contributed by atoms with Gasteiger partial charge in [-0.05, 0) is 43.4 Å². The molecule has 4 nitrogen and oxygen atoms in total.